The van der Waals surface area contributed by atoms with Gasteiger partial charge in [0.2, 0.25) is 4.29 Å². The van der Waals surface area contributed by atoms with Gasteiger partial charge in [-0.05, 0) is 56.1 Å². The zero-order valence-electron chi connectivity index (χ0n) is 18.3. The van der Waals surface area contributed by atoms with Crippen LogP contribution < -0.4 is 0 Å². The number of carbonyl (C=O) groups is 2. The molecule has 0 aliphatic heterocycles. The summed E-state index contributed by atoms with van der Waals surface area (Å²) in [6.45, 7) is 3.67. The third-order valence-electron chi connectivity index (χ3n) is 8.18. The summed E-state index contributed by atoms with van der Waals surface area (Å²) >= 11 is 0. The Labute approximate surface area is 158 Å². The van der Waals surface area contributed by atoms with Crippen LogP contribution in [0.3, 0.4) is 0 Å². The second kappa shape index (κ2) is 5.60. The number of carbonyl (C=O) groups excluding carboxylic acids is 2. The van der Waals surface area contributed by atoms with Gasteiger partial charge < -0.3 is 15.3 Å². The van der Waals surface area contributed by atoms with Crippen LogP contribution in [0.5, 0.6) is 0 Å². The van der Waals surface area contributed by atoms with Crippen molar-refractivity contribution >= 4 is 11.6 Å². The zero-order chi connectivity index (χ0) is 21.0. The van der Waals surface area contributed by atoms with Crippen LogP contribution in [-0.2, 0) is 9.59 Å². The van der Waals surface area contributed by atoms with E-state index in [9.17, 15) is 9.59 Å². The van der Waals surface area contributed by atoms with Crippen molar-refractivity contribution in [3.8, 4) is 0 Å². The maximum atomic E-state index is 12.9. The molecule has 26 heavy (non-hydrogen) atoms. The summed E-state index contributed by atoms with van der Waals surface area (Å²) in [5.41, 5.74) is -1.29. The largest absolute Gasteiger partial charge is 0.393 e. The second-order valence-electron chi connectivity index (χ2n) is 9.12. The molecule has 0 aromatic carbocycles. The van der Waals surface area contributed by atoms with Gasteiger partial charge in [-0.3, -0.25) is 9.59 Å². The summed E-state index contributed by atoms with van der Waals surface area (Å²) in [5, 5.41) is 14.8. The van der Waals surface area contributed by atoms with Gasteiger partial charge in [0.1, 0.15) is 12.2 Å². The monoisotopic (exact) mass is 363 g/mol. The molecule has 4 aliphatic rings. The minimum atomic E-state index is -1.35. The van der Waals surface area contributed by atoms with Crippen molar-refractivity contribution in [2.75, 3.05) is 6.61 Å². The average molecular weight is 363 g/mol. The maximum absolute atomic E-state index is 12.9. The smallest absolute Gasteiger partial charge is 0.212 e. The minimum Gasteiger partial charge on any atom is -0.393 e. The Kier molecular flexibility index (Phi) is 3.17. The number of aliphatic hydroxyl groups excluding tert-OH is 2. The minimum absolute atomic E-state index is 0.00314. The van der Waals surface area contributed by atoms with Gasteiger partial charge in [-0.15, -0.1) is 0 Å². The van der Waals surface area contributed by atoms with E-state index in [1.165, 1.54) is 0 Å². The van der Waals surface area contributed by atoms with Crippen LogP contribution >= 0.6 is 0 Å². The molecule has 0 bridgehead atoms. The summed E-state index contributed by atoms with van der Waals surface area (Å²) in [5.74, 6) is -0.0514. The summed E-state index contributed by atoms with van der Waals surface area (Å²) < 4.78 is 22.6. The molecule has 0 unspecified atom stereocenters. The Morgan fingerprint density at radius 2 is 2.23 bits per heavy atom. The molecule has 0 saturated heterocycles. The van der Waals surface area contributed by atoms with Crippen LogP contribution in [0.15, 0.2) is 23.8 Å². The lowest BCUT2D eigenvalue weighted by Gasteiger charge is -2.59. The standard InChI is InChI=1S/C21H28O5/c1-19-7-5-13(23)9-12(19)3-4-14-15-6-8-21(26,17(25)11-22)20(15,2)10-16(24)18(14)19/h5,7,9,14-16,18,22,24,26H,3-4,6,8,10-11H2,1-2H3/t14-,15-,16-,18+,19-,20-,21-/m0/s1/i22D,24D,26D. The molecule has 4 rings (SSSR count). The summed E-state index contributed by atoms with van der Waals surface area (Å²) in [7, 11) is 0. The highest BCUT2D eigenvalue weighted by Gasteiger charge is 2.67. The Morgan fingerprint density at radius 1 is 1.38 bits per heavy atom. The van der Waals surface area contributed by atoms with Crippen molar-refractivity contribution in [3.05, 3.63) is 23.8 Å². The van der Waals surface area contributed by atoms with Crippen molar-refractivity contribution in [2.24, 2.45) is 28.6 Å². The first-order valence-electron chi connectivity index (χ1n) is 10.8. The molecule has 3 saturated carbocycles. The fraction of sp³-hybridized carbons (Fsp3) is 0.714. The Hall–Kier alpha value is -1.30. The molecule has 3 fully saturated rings. The molecule has 0 amide bonds. The van der Waals surface area contributed by atoms with Crippen LogP contribution in [0.4, 0.5) is 0 Å². The van der Waals surface area contributed by atoms with E-state index < -0.39 is 23.7 Å². The van der Waals surface area contributed by atoms with Crippen LogP contribution in [0.1, 0.15) is 46.0 Å². The van der Waals surface area contributed by atoms with Crippen molar-refractivity contribution in [2.45, 2.75) is 57.7 Å². The third-order valence-corrected chi connectivity index (χ3v) is 8.18. The number of allylic oxidation sites excluding steroid dienone is 4. The molecule has 142 valence electrons. The first kappa shape index (κ1) is 14.7. The van der Waals surface area contributed by atoms with Crippen LogP contribution in [-0.4, -0.2) is 49.5 Å². The fourth-order valence-corrected chi connectivity index (χ4v) is 6.85. The van der Waals surface area contributed by atoms with E-state index in [4.69, 9.17) is 14.5 Å². The highest BCUT2D eigenvalue weighted by Crippen LogP contribution is 2.67. The number of Topliss-reactive ketones (excluding diaryl/α,β-unsaturated/α-hetero) is 1. The quantitative estimate of drug-likeness (QED) is 0.689. The third kappa shape index (κ3) is 2.08. The van der Waals surface area contributed by atoms with Gasteiger partial charge in [0, 0.05) is 16.7 Å². The van der Waals surface area contributed by atoms with Crippen molar-refractivity contribution in [1.82, 2.24) is 0 Å². The molecule has 0 heterocycles. The van der Waals surface area contributed by atoms with E-state index in [2.05, 4.69) is 12.0 Å². The molecular weight excluding hydrogens is 332 g/mol. The molecule has 5 nitrogen and oxygen atoms in total. The molecule has 0 radical (unpaired) electrons. The lowest BCUT2D eigenvalue weighted by Crippen LogP contribution is -2.61. The van der Waals surface area contributed by atoms with Crippen LogP contribution in [0.25, 0.3) is 0 Å². The zero-order valence-corrected chi connectivity index (χ0v) is 15.3. The predicted molar refractivity (Wildman–Crippen MR) is 95.0 cm³/mol. The highest BCUT2D eigenvalue weighted by atomic mass is 16.3. The van der Waals surface area contributed by atoms with E-state index in [1.807, 2.05) is 13.0 Å². The van der Waals surface area contributed by atoms with Gasteiger partial charge in [-0.1, -0.05) is 25.5 Å². The lowest BCUT2D eigenvalue weighted by molar-refractivity contribution is -0.178. The Bertz CT molecular complexity index is 782. The normalized spacial score (nSPS) is 51.4. The van der Waals surface area contributed by atoms with Gasteiger partial charge >= 0.3 is 0 Å². The van der Waals surface area contributed by atoms with Crippen molar-refractivity contribution in [1.29, 1.82) is 4.29 Å². The first-order chi connectivity index (χ1) is 13.8. The number of hydrogen-bond donors (Lipinski definition) is 3. The van der Waals surface area contributed by atoms with Crippen molar-refractivity contribution in [3.63, 3.8) is 0 Å². The van der Waals surface area contributed by atoms with E-state index in [-0.39, 0.29) is 34.7 Å². The highest BCUT2D eigenvalue weighted by molar-refractivity contribution is 6.01. The maximum Gasteiger partial charge on any atom is 0.212 e. The molecule has 0 aromatic rings. The number of rotatable bonds is 5. The topological polar surface area (TPSA) is 94.8 Å². The first-order valence-corrected chi connectivity index (χ1v) is 9.59. The molecule has 4 aliphatic carbocycles. The number of aliphatic hydroxyl groups is 3. The molecule has 0 aromatic heterocycles. The molecule has 5 heteroatoms. The Balaban J connectivity index is 1.77. The Morgan fingerprint density at radius 3 is 2.96 bits per heavy atom. The SMILES string of the molecule is [2H]OCC(=O)[C@@]1(O[2H])CC[C@H]2[C@@H]3CCC4=CC(=O)C=C[C@]4(C)[C@H]3[C@@H](O[2H])C[C@@]21C. The summed E-state index contributed by atoms with van der Waals surface area (Å²) in [6.07, 6.45) is 8.06. The number of fused-ring (bicyclic) bond motifs is 5. The molecule has 0 spiro atoms. The number of hydrogen-bond acceptors (Lipinski definition) is 5. The van der Waals surface area contributed by atoms with E-state index in [0.717, 1.165) is 24.8 Å². The van der Waals surface area contributed by atoms with Gasteiger partial charge in [0.25, 0.3) is 0 Å². The summed E-state index contributed by atoms with van der Waals surface area (Å²) in [6, 6.07) is 0. The fourth-order valence-electron chi connectivity index (χ4n) is 6.85. The van der Waals surface area contributed by atoms with Gasteiger partial charge in [0.05, 0.1) is 6.10 Å². The van der Waals surface area contributed by atoms with Crippen molar-refractivity contribution < 1.29 is 24.9 Å². The van der Waals surface area contributed by atoms with Gasteiger partial charge in [0.15, 0.2) is 11.6 Å². The van der Waals surface area contributed by atoms with Crippen LogP contribution in [0.2, 0.25) is 0 Å². The second-order valence-corrected chi connectivity index (χ2v) is 9.12. The van der Waals surface area contributed by atoms with Gasteiger partial charge in [-0.2, -0.15) is 0 Å². The lowest BCUT2D eigenvalue weighted by atomic mass is 9.46. The number of ketones is 2. The molecule has 3 N–H and O–H groups in total. The summed E-state index contributed by atoms with van der Waals surface area (Å²) in [4.78, 5) is 24.8. The van der Waals surface area contributed by atoms with Gasteiger partial charge in [-0.25, -0.2) is 0 Å². The molecular formula is C21H28O5. The predicted octanol–water partition coefficient (Wildman–Crippen LogP) is 1.56. The van der Waals surface area contributed by atoms with E-state index in [1.54, 1.807) is 12.2 Å². The van der Waals surface area contributed by atoms with E-state index >= 15 is 0 Å². The molecule has 7 atom stereocenters. The van der Waals surface area contributed by atoms with E-state index in [0.29, 0.717) is 12.8 Å². The van der Waals surface area contributed by atoms with Crippen LogP contribution in [0, 0.1) is 28.6 Å². The average Bonchev–Trinajstić information content (AvgIpc) is 3.01.